The van der Waals surface area contributed by atoms with Crippen LogP contribution in [0.4, 0.5) is 0 Å². The number of carbonyl (C=O) groups excluding carboxylic acids is 1. The van der Waals surface area contributed by atoms with E-state index in [4.69, 9.17) is 9.47 Å². The number of para-hydroxylation sites is 1. The molecule has 1 N–H and O–H groups in total. The number of aromatic nitrogens is 2. The van der Waals surface area contributed by atoms with E-state index in [9.17, 15) is 9.59 Å². The summed E-state index contributed by atoms with van der Waals surface area (Å²) >= 11 is 0. The van der Waals surface area contributed by atoms with Crippen molar-refractivity contribution in [2.24, 2.45) is 0 Å². The first kappa shape index (κ1) is 20.1. The van der Waals surface area contributed by atoms with Gasteiger partial charge in [0.1, 0.15) is 11.5 Å². The highest BCUT2D eigenvalue weighted by atomic mass is 16.5. The van der Waals surface area contributed by atoms with Gasteiger partial charge in [0, 0.05) is 18.2 Å². The predicted octanol–water partition coefficient (Wildman–Crippen LogP) is 2.50. The third-order valence-electron chi connectivity index (χ3n) is 4.09. The quantitative estimate of drug-likeness (QED) is 0.604. The van der Waals surface area contributed by atoms with Gasteiger partial charge in [-0.3, -0.25) is 9.59 Å². The molecule has 0 fully saturated rings. The van der Waals surface area contributed by atoms with Gasteiger partial charge in [-0.25, -0.2) is 4.68 Å². The molecular formula is C22H23N3O4. The van der Waals surface area contributed by atoms with Gasteiger partial charge in [-0.1, -0.05) is 18.2 Å². The summed E-state index contributed by atoms with van der Waals surface area (Å²) < 4.78 is 12.2. The Morgan fingerprint density at radius 1 is 0.966 bits per heavy atom. The van der Waals surface area contributed by atoms with Gasteiger partial charge in [0.2, 0.25) is 0 Å². The first-order valence-electron chi connectivity index (χ1n) is 9.41. The molecule has 7 nitrogen and oxygen atoms in total. The lowest BCUT2D eigenvalue weighted by Crippen LogP contribution is -2.34. The number of amides is 1. The fourth-order valence-electron chi connectivity index (χ4n) is 2.67. The van der Waals surface area contributed by atoms with E-state index in [2.05, 4.69) is 10.4 Å². The highest BCUT2D eigenvalue weighted by Crippen LogP contribution is 2.19. The van der Waals surface area contributed by atoms with E-state index < -0.39 is 0 Å². The average Bonchev–Trinajstić information content (AvgIpc) is 2.75. The summed E-state index contributed by atoms with van der Waals surface area (Å²) in [4.78, 5) is 24.0. The predicted molar refractivity (Wildman–Crippen MR) is 110 cm³/mol. The summed E-state index contributed by atoms with van der Waals surface area (Å²) in [5, 5.41) is 7.12. The maximum absolute atomic E-state index is 12.1. The molecule has 1 aromatic heterocycles. The van der Waals surface area contributed by atoms with Crippen molar-refractivity contribution in [2.45, 2.75) is 13.5 Å². The second-order valence-corrected chi connectivity index (χ2v) is 6.19. The van der Waals surface area contributed by atoms with Crippen molar-refractivity contribution in [3.63, 3.8) is 0 Å². The van der Waals surface area contributed by atoms with E-state index >= 15 is 0 Å². The van der Waals surface area contributed by atoms with Gasteiger partial charge < -0.3 is 14.8 Å². The van der Waals surface area contributed by atoms with Gasteiger partial charge in [0.15, 0.2) is 6.61 Å². The summed E-state index contributed by atoms with van der Waals surface area (Å²) in [6, 6.07) is 19.8. The highest BCUT2D eigenvalue weighted by Gasteiger charge is 2.06. The maximum Gasteiger partial charge on any atom is 0.266 e. The molecule has 0 aliphatic heterocycles. The lowest BCUT2D eigenvalue weighted by molar-refractivity contribution is -0.123. The van der Waals surface area contributed by atoms with Crippen LogP contribution >= 0.6 is 0 Å². The van der Waals surface area contributed by atoms with E-state index in [1.54, 1.807) is 18.2 Å². The second kappa shape index (κ2) is 10.1. The van der Waals surface area contributed by atoms with E-state index in [0.717, 1.165) is 11.3 Å². The molecule has 0 saturated heterocycles. The van der Waals surface area contributed by atoms with Crippen molar-refractivity contribution in [1.29, 1.82) is 0 Å². The fraction of sp³-hybridized carbons (Fsp3) is 0.227. The van der Waals surface area contributed by atoms with Gasteiger partial charge in [-0.2, -0.15) is 5.10 Å². The molecule has 3 aromatic rings. The number of carbonyl (C=O) groups is 1. The fourth-order valence-corrected chi connectivity index (χ4v) is 2.67. The number of nitrogens with zero attached hydrogens (tertiary/aromatic N) is 2. The Labute approximate surface area is 168 Å². The zero-order valence-corrected chi connectivity index (χ0v) is 16.2. The molecule has 1 amide bonds. The van der Waals surface area contributed by atoms with Gasteiger partial charge in [0.25, 0.3) is 11.5 Å². The number of hydrogen-bond acceptors (Lipinski definition) is 5. The zero-order valence-electron chi connectivity index (χ0n) is 16.2. The molecule has 29 heavy (non-hydrogen) atoms. The summed E-state index contributed by atoms with van der Waals surface area (Å²) in [5.41, 5.74) is 1.32. The Hall–Kier alpha value is -3.61. The molecule has 0 atom stereocenters. The molecule has 0 saturated carbocycles. The van der Waals surface area contributed by atoms with Crippen molar-refractivity contribution in [3.05, 3.63) is 77.1 Å². The van der Waals surface area contributed by atoms with Crippen LogP contribution in [-0.4, -0.2) is 35.4 Å². The highest BCUT2D eigenvalue weighted by molar-refractivity contribution is 5.77. The smallest absolute Gasteiger partial charge is 0.266 e. The van der Waals surface area contributed by atoms with Crippen LogP contribution in [0.3, 0.4) is 0 Å². The summed E-state index contributed by atoms with van der Waals surface area (Å²) in [6.07, 6.45) is 0. The standard InChI is InChI=1S/C22H23N3O4/c1-2-28-19-10-8-17(9-11-19)20-12-13-22(27)25(24-20)15-14-23-21(26)16-29-18-6-4-3-5-7-18/h3-13H,2,14-16H2,1H3,(H,23,26). The Morgan fingerprint density at radius 3 is 2.41 bits per heavy atom. The number of hydrogen-bond donors (Lipinski definition) is 1. The SMILES string of the molecule is CCOc1ccc(-c2ccc(=O)n(CCNC(=O)COc3ccccc3)n2)cc1. The largest absolute Gasteiger partial charge is 0.494 e. The molecule has 2 aromatic carbocycles. The third-order valence-corrected chi connectivity index (χ3v) is 4.09. The molecule has 7 heteroatoms. The Morgan fingerprint density at radius 2 is 1.69 bits per heavy atom. The van der Waals surface area contributed by atoms with Gasteiger partial charge >= 0.3 is 0 Å². The van der Waals surface area contributed by atoms with Crippen LogP contribution in [0.5, 0.6) is 11.5 Å². The minimum absolute atomic E-state index is 0.0848. The van der Waals surface area contributed by atoms with E-state index in [-0.39, 0.29) is 31.2 Å². The number of nitrogens with one attached hydrogen (secondary N) is 1. The zero-order chi connectivity index (χ0) is 20.5. The Balaban J connectivity index is 1.54. The van der Waals surface area contributed by atoms with Crippen molar-refractivity contribution in [3.8, 4) is 22.8 Å². The van der Waals surface area contributed by atoms with E-state index in [1.807, 2.05) is 49.4 Å². The third kappa shape index (κ3) is 5.93. The molecule has 0 spiro atoms. The Bertz CT molecular complexity index is 985. The molecule has 0 radical (unpaired) electrons. The van der Waals surface area contributed by atoms with Crippen molar-refractivity contribution >= 4 is 5.91 Å². The Kier molecular flexibility index (Phi) is 7.00. The summed E-state index contributed by atoms with van der Waals surface area (Å²) in [5.74, 6) is 1.15. The van der Waals surface area contributed by atoms with Gasteiger partial charge in [-0.15, -0.1) is 0 Å². The van der Waals surface area contributed by atoms with Crippen molar-refractivity contribution in [2.75, 3.05) is 19.8 Å². The molecule has 150 valence electrons. The number of ether oxygens (including phenoxy) is 2. The number of rotatable bonds is 9. The van der Waals surface area contributed by atoms with Crippen LogP contribution in [0.1, 0.15) is 6.92 Å². The molecular weight excluding hydrogens is 370 g/mol. The van der Waals surface area contributed by atoms with Crippen LogP contribution in [0.25, 0.3) is 11.3 Å². The van der Waals surface area contributed by atoms with Crippen LogP contribution in [0.15, 0.2) is 71.5 Å². The van der Waals surface area contributed by atoms with Crippen LogP contribution in [0.2, 0.25) is 0 Å². The van der Waals surface area contributed by atoms with Crippen molar-refractivity contribution in [1.82, 2.24) is 15.1 Å². The molecule has 0 unspecified atom stereocenters. The minimum atomic E-state index is -0.260. The topological polar surface area (TPSA) is 82.5 Å². The van der Waals surface area contributed by atoms with Crippen LogP contribution in [-0.2, 0) is 11.3 Å². The summed E-state index contributed by atoms with van der Waals surface area (Å²) in [6.45, 7) is 2.98. The average molecular weight is 393 g/mol. The molecule has 0 aliphatic carbocycles. The monoisotopic (exact) mass is 393 g/mol. The van der Waals surface area contributed by atoms with E-state index in [0.29, 0.717) is 18.1 Å². The molecule has 1 heterocycles. The summed E-state index contributed by atoms with van der Waals surface area (Å²) in [7, 11) is 0. The van der Waals surface area contributed by atoms with Gasteiger partial charge in [-0.05, 0) is 49.4 Å². The first-order chi connectivity index (χ1) is 14.2. The minimum Gasteiger partial charge on any atom is -0.494 e. The van der Waals surface area contributed by atoms with Crippen LogP contribution in [0, 0.1) is 0 Å². The van der Waals surface area contributed by atoms with Crippen molar-refractivity contribution < 1.29 is 14.3 Å². The van der Waals surface area contributed by atoms with Gasteiger partial charge in [0.05, 0.1) is 18.8 Å². The lowest BCUT2D eigenvalue weighted by Gasteiger charge is -2.10. The normalized spacial score (nSPS) is 10.4. The first-order valence-corrected chi connectivity index (χ1v) is 9.41. The second-order valence-electron chi connectivity index (χ2n) is 6.19. The maximum atomic E-state index is 12.1. The molecule has 0 bridgehead atoms. The van der Waals surface area contributed by atoms with Crippen LogP contribution < -0.4 is 20.3 Å². The van der Waals surface area contributed by atoms with E-state index in [1.165, 1.54) is 10.7 Å². The molecule has 3 rings (SSSR count). The number of benzene rings is 2. The lowest BCUT2D eigenvalue weighted by atomic mass is 10.1. The molecule has 0 aliphatic rings.